The topological polar surface area (TPSA) is 8.17 Å². The highest BCUT2D eigenvalue weighted by atomic mass is 32.2. The molecular weight excluding hydrogens is 240 g/mol. The second kappa shape index (κ2) is 3.90. The number of aromatic nitrogens is 1. The molecule has 0 saturated carbocycles. The van der Waals surface area contributed by atoms with Crippen molar-refractivity contribution in [2.75, 3.05) is 6.54 Å². The first-order valence-corrected chi connectivity index (χ1v) is 7.42. The van der Waals surface area contributed by atoms with Crippen molar-refractivity contribution in [3.05, 3.63) is 53.9 Å². The molecule has 4 rings (SSSR count). The van der Waals surface area contributed by atoms with E-state index in [0.717, 1.165) is 11.8 Å². The normalized spacial score (nSPS) is 26.3. The Kier molecular flexibility index (Phi) is 2.32. The molecule has 0 radical (unpaired) electrons. The molecule has 92 valence electrons. The lowest BCUT2D eigenvalue weighted by Gasteiger charge is -2.20. The zero-order valence-electron chi connectivity index (χ0n) is 10.4. The summed E-state index contributed by atoms with van der Waals surface area (Å²) in [6.07, 6.45) is 2.20. The summed E-state index contributed by atoms with van der Waals surface area (Å²) in [6.45, 7) is 4.59. The van der Waals surface area contributed by atoms with E-state index in [4.69, 9.17) is 0 Å². The van der Waals surface area contributed by atoms with Gasteiger partial charge in [0, 0.05) is 30.2 Å². The van der Waals surface area contributed by atoms with Crippen molar-refractivity contribution in [1.29, 1.82) is 0 Å². The first kappa shape index (κ1) is 10.7. The number of fused-ring (bicyclic) bond motifs is 5. The maximum absolute atomic E-state index is 2.60. The molecule has 2 aliphatic rings. The van der Waals surface area contributed by atoms with Gasteiger partial charge in [-0.1, -0.05) is 25.1 Å². The molecule has 0 unspecified atom stereocenters. The van der Waals surface area contributed by atoms with Gasteiger partial charge in [-0.2, -0.15) is 0 Å². The zero-order chi connectivity index (χ0) is 12.1. The summed E-state index contributed by atoms with van der Waals surface area (Å²) >= 11 is 2.09. The number of para-hydroxylation sites is 1. The first-order valence-electron chi connectivity index (χ1n) is 6.48. The second-order valence-electron chi connectivity index (χ2n) is 5.16. The van der Waals surface area contributed by atoms with Gasteiger partial charge in [0.25, 0.3) is 0 Å². The average Bonchev–Trinajstić information content (AvgIpc) is 2.94. The van der Waals surface area contributed by atoms with Gasteiger partial charge in [0.2, 0.25) is 0 Å². The van der Waals surface area contributed by atoms with Crippen molar-refractivity contribution >= 4 is 11.8 Å². The van der Waals surface area contributed by atoms with Gasteiger partial charge in [0.15, 0.2) is 0 Å². The van der Waals surface area contributed by atoms with Crippen LogP contribution in [0.2, 0.25) is 0 Å². The van der Waals surface area contributed by atoms with Gasteiger partial charge in [0.1, 0.15) is 0 Å². The van der Waals surface area contributed by atoms with E-state index < -0.39 is 0 Å². The van der Waals surface area contributed by atoms with E-state index >= 15 is 0 Å². The minimum atomic E-state index is 0.516. The summed E-state index contributed by atoms with van der Waals surface area (Å²) in [6, 6.07) is 13.2. The molecule has 2 nitrogen and oxygen atoms in total. The van der Waals surface area contributed by atoms with Crippen LogP contribution in [0.25, 0.3) is 5.69 Å². The highest BCUT2D eigenvalue weighted by Crippen LogP contribution is 2.45. The minimum Gasteiger partial charge on any atom is -0.318 e. The largest absolute Gasteiger partial charge is 0.318 e. The van der Waals surface area contributed by atoms with Gasteiger partial charge in [-0.3, -0.25) is 4.90 Å². The molecular formula is C15H16N2S. The van der Waals surface area contributed by atoms with Crippen LogP contribution < -0.4 is 0 Å². The third kappa shape index (κ3) is 1.47. The van der Waals surface area contributed by atoms with E-state index in [0.29, 0.717) is 5.37 Å². The lowest BCUT2D eigenvalue weighted by molar-refractivity contribution is 0.273. The quantitative estimate of drug-likeness (QED) is 0.713. The van der Waals surface area contributed by atoms with E-state index in [1.54, 1.807) is 0 Å². The van der Waals surface area contributed by atoms with E-state index in [-0.39, 0.29) is 0 Å². The number of hydrogen-bond acceptors (Lipinski definition) is 2. The van der Waals surface area contributed by atoms with E-state index in [2.05, 4.69) is 70.7 Å². The van der Waals surface area contributed by atoms with E-state index in [9.17, 15) is 0 Å². The Balaban J connectivity index is 1.93. The van der Waals surface area contributed by atoms with E-state index in [1.165, 1.54) is 23.5 Å². The fraction of sp³-hybridized carbons (Fsp3) is 0.333. The van der Waals surface area contributed by atoms with Crippen molar-refractivity contribution in [3.8, 4) is 5.69 Å². The molecule has 0 bridgehead atoms. The molecule has 0 aliphatic carbocycles. The molecule has 1 fully saturated rings. The fourth-order valence-corrected chi connectivity index (χ4v) is 4.47. The van der Waals surface area contributed by atoms with Crippen molar-refractivity contribution in [2.45, 2.75) is 24.1 Å². The van der Waals surface area contributed by atoms with Gasteiger partial charge in [-0.05, 0) is 23.8 Å². The van der Waals surface area contributed by atoms with Crippen molar-refractivity contribution in [2.24, 2.45) is 0 Å². The fourth-order valence-electron chi connectivity index (χ4n) is 3.09. The van der Waals surface area contributed by atoms with Crippen LogP contribution in [0.3, 0.4) is 0 Å². The summed E-state index contributed by atoms with van der Waals surface area (Å²) in [5, 5.41) is 1.24. The van der Waals surface area contributed by atoms with Gasteiger partial charge < -0.3 is 4.57 Å². The predicted molar refractivity (Wildman–Crippen MR) is 76.0 cm³/mol. The third-order valence-corrected chi connectivity index (χ3v) is 5.25. The molecule has 1 saturated heterocycles. The maximum atomic E-state index is 2.60. The lowest BCUT2D eigenvalue weighted by atomic mass is 10.1. The van der Waals surface area contributed by atoms with Crippen molar-refractivity contribution in [3.63, 3.8) is 0 Å². The van der Waals surface area contributed by atoms with Gasteiger partial charge in [-0.15, -0.1) is 11.8 Å². The number of nitrogens with zero attached hydrogens (tertiary/aromatic N) is 2. The first-order chi connectivity index (χ1) is 8.83. The number of thioether (sulfide) groups is 1. The number of hydrogen-bond donors (Lipinski definition) is 0. The Bertz CT molecular complexity index is 590. The molecule has 1 aromatic carbocycles. The van der Waals surface area contributed by atoms with Crippen LogP contribution in [0.15, 0.2) is 42.6 Å². The van der Waals surface area contributed by atoms with Crippen molar-refractivity contribution < 1.29 is 0 Å². The summed E-state index contributed by atoms with van der Waals surface area (Å²) in [4.78, 5) is 2.60. The van der Waals surface area contributed by atoms with Crippen LogP contribution in [0.1, 0.15) is 23.6 Å². The molecule has 0 N–H and O–H groups in total. The molecule has 3 heteroatoms. The molecule has 0 amide bonds. The average molecular weight is 256 g/mol. The molecule has 1 aromatic heterocycles. The van der Waals surface area contributed by atoms with Crippen LogP contribution >= 0.6 is 11.8 Å². The third-order valence-electron chi connectivity index (χ3n) is 3.84. The predicted octanol–water partition coefficient (Wildman–Crippen LogP) is 3.43. The van der Waals surface area contributed by atoms with Crippen LogP contribution in [0.4, 0.5) is 0 Å². The van der Waals surface area contributed by atoms with Gasteiger partial charge in [-0.25, -0.2) is 0 Å². The van der Waals surface area contributed by atoms with Crippen LogP contribution in [-0.2, 0) is 6.54 Å². The molecule has 3 heterocycles. The molecule has 2 atom stereocenters. The molecule has 0 spiro atoms. The standard InChI is InChI=1S/C15H16N2S/c1-11-9-16-10-12-5-2-3-6-13(12)17-8-4-7-14(17)15(16)18-11/h2-8,11,15H,9-10H2,1H3/t11-,15+/m1/s1. The van der Waals surface area contributed by atoms with Crippen molar-refractivity contribution in [1.82, 2.24) is 9.47 Å². The lowest BCUT2D eigenvalue weighted by Crippen LogP contribution is -2.22. The Hall–Kier alpha value is -1.19. The Labute approximate surface area is 112 Å². The van der Waals surface area contributed by atoms with Crippen LogP contribution in [-0.4, -0.2) is 21.3 Å². The summed E-state index contributed by atoms with van der Waals surface area (Å²) in [5.74, 6) is 0. The van der Waals surface area contributed by atoms with Crippen LogP contribution in [0.5, 0.6) is 0 Å². The van der Waals surface area contributed by atoms with Gasteiger partial charge in [0.05, 0.1) is 11.1 Å². The monoisotopic (exact) mass is 256 g/mol. The zero-order valence-corrected chi connectivity index (χ0v) is 11.2. The molecule has 2 aliphatic heterocycles. The maximum Gasteiger partial charge on any atom is 0.0976 e. The second-order valence-corrected chi connectivity index (χ2v) is 6.68. The smallest absolute Gasteiger partial charge is 0.0976 e. The Morgan fingerprint density at radius 2 is 2.06 bits per heavy atom. The summed E-state index contributed by atoms with van der Waals surface area (Å²) in [5.41, 5.74) is 4.21. The number of rotatable bonds is 0. The van der Waals surface area contributed by atoms with Crippen LogP contribution in [0, 0.1) is 0 Å². The Morgan fingerprint density at radius 1 is 1.17 bits per heavy atom. The Morgan fingerprint density at radius 3 is 3.00 bits per heavy atom. The van der Waals surface area contributed by atoms with E-state index in [1.807, 2.05) is 0 Å². The highest BCUT2D eigenvalue weighted by Gasteiger charge is 2.35. The van der Waals surface area contributed by atoms with Gasteiger partial charge >= 0.3 is 0 Å². The highest BCUT2D eigenvalue weighted by molar-refractivity contribution is 8.00. The minimum absolute atomic E-state index is 0.516. The number of benzene rings is 1. The molecule has 2 aromatic rings. The summed E-state index contributed by atoms with van der Waals surface area (Å²) in [7, 11) is 0. The summed E-state index contributed by atoms with van der Waals surface area (Å²) < 4.78 is 2.37. The SMILES string of the molecule is C[C@@H]1CN2Cc3ccccc3-n3cccc3[C@@H]2S1. The molecule has 18 heavy (non-hydrogen) atoms.